The lowest BCUT2D eigenvalue weighted by Crippen LogP contribution is -2.63. The highest BCUT2D eigenvalue weighted by atomic mass is 16.6. The summed E-state index contributed by atoms with van der Waals surface area (Å²) in [5.41, 5.74) is -0.412. The maximum Gasteiger partial charge on any atom is 0.410 e. The van der Waals surface area contributed by atoms with Crippen molar-refractivity contribution in [2.75, 3.05) is 19.7 Å². The van der Waals surface area contributed by atoms with Gasteiger partial charge < -0.3 is 19.7 Å². The zero-order valence-electron chi connectivity index (χ0n) is 13.1. The number of likely N-dealkylation sites (tertiary alicyclic amines) is 1. The molecule has 0 aromatic carbocycles. The molecule has 0 radical (unpaired) electrons. The number of ether oxygens (including phenoxy) is 2. The fourth-order valence-corrected chi connectivity index (χ4v) is 2.71. The lowest BCUT2D eigenvalue weighted by atomic mass is 9.99. The fourth-order valence-electron chi connectivity index (χ4n) is 2.71. The molecule has 2 heterocycles. The van der Waals surface area contributed by atoms with Gasteiger partial charge in [-0.05, 0) is 40.0 Å². The van der Waals surface area contributed by atoms with Gasteiger partial charge in [-0.1, -0.05) is 6.92 Å². The molecule has 2 fully saturated rings. The Morgan fingerprint density at radius 1 is 1.35 bits per heavy atom. The van der Waals surface area contributed by atoms with Crippen LogP contribution >= 0.6 is 0 Å². The molecule has 2 saturated heterocycles. The Morgan fingerprint density at radius 3 is 2.65 bits per heavy atom. The highest BCUT2D eigenvalue weighted by Crippen LogP contribution is 2.20. The van der Waals surface area contributed by atoms with Gasteiger partial charge in [0.05, 0.1) is 6.10 Å². The Balaban J connectivity index is 1.67. The smallest absolute Gasteiger partial charge is 0.410 e. The van der Waals surface area contributed by atoms with E-state index in [4.69, 9.17) is 9.47 Å². The Kier molecular flexibility index (Phi) is 4.91. The third-order valence-electron chi connectivity index (χ3n) is 3.83. The van der Waals surface area contributed by atoms with Crippen LogP contribution in [0.1, 0.15) is 47.0 Å². The second-order valence-corrected chi connectivity index (χ2v) is 6.87. The van der Waals surface area contributed by atoms with Gasteiger partial charge in [-0.3, -0.25) is 0 Å². The molecule has 116 valence electrons. The number of amides is 1. The number of nitrogens with zero attached hydrogens (tertiary/aromatic N) is 1. The van der Waals surface area contributed by atoms with E-state index in [1.165, 1.54) is 0 Å². The normalized spacial score (nSPS) is 28.1. The molecule has 5 heteroatoms. The zero-order chi connectivity index (χ0) is 14.8. The summed E-state index contributed by atoms with van der Waals surface area (Å²) in [5, 5.41) is 3.64. The molecule has 20 heavy (non-hydrogen) atoms. The number of hydrogen-bond donors (Lipinski definition) is 1. The largest absolute Gasteiger partial charge is 0.444 e. The summed E-state index contributed by atoms with van der Waals surface area (Å²) in [6, 6.07) is 0.933. The molecule has 2 aliphatic rings. The summed E-state index contributed by atoms with van der Waals surface area (Å²) in [6.45, 7) is 10.2. The molecule has 5 nitrogen and oxygen atoms in total. The van der Waals surface area contributed by atoms with Gasteiger partial charge in [-0.2, -0.15) is 0 Å². The molecule has 0 aromatic rings. The molecule has 0 aromatic heterocycles. The van der Waals surface area contributed by atoms with E-state index in [0.29, 0.717) is 18.2 Å². The van der Waals surface area contributed by atoms with Gasteiger partial charge in [0.1, 0.15) is 5.60 Å². The Labute approximate surface area is 122 Å². The van der Waals surface area contributed by atoms with Crippen molar-refractivity contribution < 1.29 is 14.3 Å². The van der Waals surface area contributed by atoms with Gasteiger partial charge in [0.25, 0.3) is 0 Å². The molecule has 0 saturated carbocycles. The van der Waals surface area contributed by atoms with Gasteiger partial charge in [0.15, 0.2) is 0 Å². The summed E-state index contributed by atoms with van der Waals surface area (Å²) >= 11 is 0. The summed E-state index contributed by atoms with van der Waals surface area (Å²) in [5.74, 6) is 0. The van der Waals surface area contributed by atoms with Crippen LogP contribution in [0.25, 0.3) is 0 Å². The van der Waals surface area contributed by atoms with E-state index in [9.17, 15) is 4.79 Å². The van der Waals surface area contributed by atoms with Crippen LogP contribution < -0.4 is 5.32 Å². The van der Waals surface area contributed by atoms with E-state index >= 15 is 0 Å². The highest BCUT2D eigenvalue weighted by molar-refractivity contribution is 5.69. The van der Waals surface area contributed by atoms with E-state index in [0.717, 1.165) is 39.0 Å². The monoisotopic (exact) mass is 284 g/mol. The molecule has 2 unspecified atom stereocenters. The molecule has 0 aliphatic carbocycles. The first-order valence-electron chi connectivity index (χ1n) is 7.73. The second-order valence-electron chi connectivity index (χ2n) is 6.87. The molecular weight excluding hydrogens is 256 g/mol. The van der Waals surface area contributed by atoms with Crippen molar-refractivity contribution in [1.29, 1.82) is 0 Å². The molecule has 2 rings (SSSR count). The highest BCUT2D eigenvalue weighted by Gasteiger charge is 2.35. The van der Waals surface area contributed by atoms with Crippen LogP contribution in [-0.2, 0) is 9.47 Å². The zero-order valence-corrected chi connectivity index (χ0v) is 13.1. The third-order valence-corrected chi connectivity index (χ3v) is 3.83. The van der Waals surface area contributed by atoms with Crippen molar-refractivity contribution >= 4 is 6.09 Å². The minimum atomic E-state index is -0.412. The predicted octanol–water partition coefficient (Wildman–Crippen LogP) is 2.15. The Morgan fingerprint density at radius 2 is 2.05 bits per heavy atom. The lowest BCUT2D eigenvalue weighted by Gasteiger charge is -2.43. The van der Waals surface area contributed by atoms with Crippen LogP contribution in [0.15, 0.2) is 0 Å². The minimum Gasteiger partial charge on any atom is -0.444 e. The summed E-state index contributed by atoms with van der Waals surface area (Å²) < 4.78 is 11.0. The summed E-state index contributed by atoms with van der Waals surface area (Å²) in [4.78, 5) is 13.6. The van der Waals surface area contributed by atoms with Crippen molar-refractivity contribution in [3.63, 3.8) is 0 Å². The van der Waals surface area contributed by atoms with Crippen LogP contribution in [-0.4, -0.2) is 54.5 Å². The molecular formula is C15H28N2O3. The Hall–Kier alpha value is -0.810. The van der Waals surface area contributed by atoms with E-state index in [2.05, 4.69) is 12.2 Å². The van der Waals surface area contributed by atoms with Crippen molar-refractivity contribution in [2.45, 2.75) is 70.7 Å². The van der Waals surface area contributed by atoms with Crippen LogP contribution in [0.5, 0.6) is 0 Å². The fraction of sp³-hybridized carbons (Fsp3) is 0.933. The summed E-state index contributed by atoms with van der Waals surface area (Å²) in [6.07, 6.45) is 3.42. The minimum absolute atomic E-state index is 0.200. The topological polar surface area (TPSA) is 50.8 Å². The van der Waals surface area contributed by atoms with E-state index in [-0.39, 0.29) is 6.09 Å². The third kappa shape index (κ3) is 4.35. The number of rotatable bonds is 3. The average molecular weight is 284 g/mol. The van der Waals surface area contributed by atoms with Gasteiger partial charge in [0, 0.05) is 31.8 Å². The molecule has 1 amide bonds. The number of carbonyl (C=O) groups excluding carboxylic acids is 1. The van der Waals surface area contributed by atoms with Crippen molar-refractivity contribution in [3.05, 3.63) is 0 Å². The maximum atomic E-state index is 11.8. The van der Waals surface area contributed by atoms with Crippen LogP contribution in [0.3, 0.4) is 0 Å². The van der Waals surface area contributed by atoms with Gasteiger partial charge in [0.2, 0.25) is 0 Å². The van der Waals surface area contributed by atoms with Crippen molar-refractivity contribution in [1.82, 2.24) is 10.2 Å². The SMILES string of the molecule is CCC1CC(NC2CN(C(=O)OC(C)(C)C)C2)CCO1. The quantitative estimate of drug-likeness (QED) is 0.863. The maximum absolute atomic E-state index is 11.8. The molecule has 2 aliphatic heterocycles. The molecule has 2 atom stereocenters. The summed E-state index contributed by atoms with van der Waals surface area (Å²) in [7, 11) is 0. The standard InChI is InChI=1S/C15H28N2O3/c1-5-13-8-11(6-7-19-13)16-12-9-17(10-12)14(18)20-15(2,3)4/h11-13,16H,5-10H2,1-4H3. The molecule has 0 bridgehead atoms. The second kappa shape index (κ2) is 6.31. The van der Waals surface area contributed by atoms with Gasteiger partial charge in [-0.15, -0.1) is 0 Å². The van der Waals surface area contributed by atoms with Crippen LogP contribution in [0.2, 0.25) is 0 Å². The molecule has 1 N–H and O–H groups in total. The van der Waals surface area contributed by atoms with E-state index < -0.39 is 5.60 Å². The van der Waals surface area contributed by atoms with Crippen LogP contribution in [0.4, 0.5) is 4.79 Å². The molecule has 0 spiro atoms. The van der Waals surface area contributed by atoms with E-state index in [1.54, 1.807) is 4.90 Å². The number of hydrogen-bond acceptors (Lipinski definition) is 4. The van der Waals surface area contributed by atoms with Gasteiger partial charge >= 0.3 is 6.09 Å². The predicted molar refractivity (Wildman–Crippen MR) is 77.8 cm³/mol. The van der Waals surface area contributed by atoms with Crippen molar-refractivity contribution in [3.8, 4) is 0 Å². The number of nitrogens with one attached hydrogen (secondary N) is 1. The van der Waals surface area contributed by atoms with Crippen LogP contribution in [0, 0.1) is 0 Å². The first-order valence-corrected chi connectivity index (χ1v) is 7.73. The number of carbonyl (C=O) groups is 1. The van der Waals surface area contributed by atoms with E-state index in [1.807, 2.05) is 20.8 Å². The lowest BCUT2D eigenvalue weighted by molar-refractivity contribution is -0.0155. The first kappa shape index (κ1) is 15.6. The Bertz CT molecular complexity index is 335. The first-order chi connectivity index (χ1) is 9.37. The van der Waals surface area contributed by atoms with Gasteiger partial charge in [-0.25, -0.2) is 4.79 Å². The van der Waals surface area contributed by atoms with Crippen molar-refractivity contribution in [2.24, 2.45) is 0 Å². The average Bonchev–Trinajstić information content (AvgIpc) is 2.31.